The second-order valence-electron chi connectivity index (χ2n) is 6.05. The van der Waals surface area contributed by atoms with Crippen LogP contribution in [0.3, 0.4) is 0 Å². The van der Waals surface area contributed by atoms with Gasteiger partial charge in [0.15, 0.2) is 0 Å². The molecule has 0 fully saturated rings. The summed E-state index contributed by atoms with van der Waals surface area (Å²) in [6, 6.07) is 7.24. The van der Waals surface area contributed by atoms with Crippen LogP contribution >= 0.6 is 0 Å². The van der Waals surface area contributed by atoms with Crippen molar-refractivity contribution in [1.82, 2.24) is 5.43 Å². The standard InChI is InChI=1S/C20H29N3O2/c1-3-4-5-6-7-8-9-10-11-20(25)23-21-16-18-12-14-19(15-13-18)22-17(2)24/h3,12-16H,1,4-11H2,2H3,(H,22,24)(H,23,25)/b21-16-. The van der Waals surface area contributed by atoms with Crippen molar-refractivity contribution < 1.29 is 9.59 Å². The molecule has 1 aromatic rings. The van der Waals surface area contributed by atoms with Crippen molar-refractivity contribution in [3.8, 4) is 0 Å². The molecule has 0 saturated carbocycles. The van der Waals surface area contributed by atoms with E-state index in [2.05, 4.69) is 22.4 Å². The van der Waals surface area contributed by atoms with Gasteiger partial charge in [-0.2, -0.15) is 5.10 Å². The van der Waals surface area contributed by atoms with Crippen LogP contribution in [0.25, 0.3) is 0 Å². The van der Waals surface area contributed by atoms with Gasteiger partial charge in [-0.3, -0.25) is 9.59 Å². The molecule has 0 aliphatic rings. The predicted octanol–water partition coefficient (Wildman–Crippen LogP) is 4.40. The summed E-state index contributed by atoms with van der Waals surface area (Å²) in [5, 5.41) is 6.66. The lowest BCUT2D eigenvalue weighted by atomic mass is 10.1. The Morgan fingerprint density at radius 2 is 1.68 bits per heavy atom. The summed E-state index contributed by atoms with van der Waals surface area (Å²) in [5.74, 6) is -0.164. The fourth-order valence-electron chi connectivity index (χ4n) is 2.37. The first-order valence-electron chi connectivity index (χ1n) is 8.92. The molecule has 0 aliphatic carbocycles. The average molecular weight is 343 g/mol. The first-order valence-corrected chi connectivity index (χ1v) is 8.92. The van der Waals surface area contributed by atoms with E-state index in [9.17, 15) is 9.59 Å². The Hall–Kier alpha value is -2.43. The number of hydrazone groups is 1. The molecule has 0 heterocycles. The monoisotopic (exact) mass is 343 g/mol. The first kappa shape index (κ1) is 20.6. The Morgan fingerprint density at radius 3 is 2.32 bits per heavy atom. The maximum absolute atomic E-state index is 11.7. The van der Waals surface area contributed by atoms with Crippen molar-refractivity contribution in [3.63, 3.8) is 0 Å². The zero-order valence-corrected chi connectivity index (χ0v) is 15.1. The van der Waals surface area contributed by atoms with Crippen molar-refractivity contribution in [3.05, 3.63) is 42.5 Å². The molecule has 2 N–H and O–H groups in total. The average Bonchev–Trinajstić information content (AvgIpc) is 2.58. The van der Waals surface area contributed by atoms with Crippen LogP contribution in [-0.4, -0.2) is 18.0 Å². The first-order chi connectivity index (χ1) is 12.1. The van der Waals surface area contributed by atoms with Gasteiger partial charge in [0.05, 0.1) is 6.21 Å². The van der Waals surface area contributed by atoms with Gasteiger partial charge in [-0.1, -0.05) is 43.9 Å². The van der Waals surface area contributed by atoms with Crippen molar-refractivity contribution in [2.75, 3.05) is 5.32 Å². The van der Waals surface area contributed by atoms with Gasteiger partial charge in [-0.25, -0.2) is 5.43 Å². The van der Waals surface area contributed by atoms with E-state index in [0.29, 0.717) is 6.42 Å². The SMILES string of the molecule is C=CCCCCCCCCC(=O)N/N=C\c1ccc(NC(C)=O)cc1. The second kappa shape index (κ2) is 12.9. The molecule has 5 heteroatoms. The highest BCUT2D eigenvalue weighted by Gasteiger charge is 1.99. The van der Waals surface area contributed by atoms with E-state index in [1.165, 1.54) is 32.6 Å². The van der Waals surface area contributed by atoms with E-state index < -0.39 is 0 Å². The molecular weight excluding hydrogens is 314 g/mol. The van der Waals surface area contributed by atoms with Gasteiger partial charge in [0.2, 0.25) is 11.8 Å². The zero-order chi connectivity index (χ0) is 18.3. The van der Waals surface area contributed by atoms with Gasteiger partial charge in [0, 0.05) is 19.0 Å². The molecule has 1 aromatic carbocycles. The van der Waals surface area contributed by atoms with Crippen LogP contribution in [0.1, 0.15) is 63.9 Å². The molecule has 0 spiro atoms. The van der Waals surface area contributed by atoms with E-state index in [-0.39, 0.29) is 11.8 Å². The number of nitrogens with one attached hydrogen (secondary N) is 2. The number of nitrogens with zero attached hydrogens (tertiary/aromatic N) is 1. The molecule has 0 unspecified atom stereocenters. The van der Waals surface area contributed by atoms with Crippen LogP contribution in [0.4, 0.5) is 5.69 Å². The van der Waals surface area contributed by atoms with Crippen LogP contribution in [0.2, 0.25) is 0 Å². The van der Waals surface area contributed by atoms with Crippen LogP contribution < -0.4 is 10.7 Å². The van der Waals surface area contributed by atoms with E-state index >= 15 is 0 Å². The Morgan fingerprint density at radius 1 is 1.04 bits per heavy atom. The van der Waals surface area contributed by atoms with Gasteiger partial charge in [0.1, 0.15) is 0 Å². The summed E-state index contributed by atoms with van der Waals surface area (Å²) in [6.45, 7) is 5.18. The quantitative estimate of drug-likeness (QED) is 0.255. The summed E-state index contributed by atoms with van der Waals surface area (Å²) in [6.07, 6.45) is 12.0. The van der Waals surface area contributed by atoms with Crippen LogP contribution in [0.5, 0.6) is 0 Å². The number of anilines is 1. The van der Waals surface area contributed by atoms with Crippen LogP contribution in [0.15, 0.2) is 42.0 Å². The number of amides is 2. The van der Waals surface area contributed by atoms with E-state index in [1.54, 1.807) is 18.3 Å². The minimum atomic E-state index is -0.106. The molecule has 0 atom stereocenters. The highest BCUT2D eigenvalue weighted by molar-refractivity contribution is 5.89. The second-order valence-corrected chi connectivity index (χ2v) is 6.05. The van der Waals surface area contributed by atoms with E-state index in [4.69, 9.17) is 0 Å². The number of carbonyl (C=O) groups excluding carboxylic acids is 2. The normalized spacial score (nSPS) is 10.6. The Bertz CT molecular complexity index is 565. The number of allylic oxidation sites excluding steroid dienone is 1. The number of hydrogen-bond acceptors (Lipinski definition) is 3. The minimum absolute atomic E-state index is 0.0576. The highest BCUT2D eigenvalue weighted by atomic mass is 16.2. The predicted molar refractivity (Wildman–Crippen MR) is 104 cm³/mol. The Kier molecular flexibility index (Phi) is 10.7. The molecule has 2 amide bonds. The summed E-state index contributed by atoms with van der Waals surface area (Å²) >= 11 is 0. The lowest BCUT2D eigenvalue weighted by Gasteiger charge is -2.02. The van der Waals surface area contributed by atoms with E-state index in [1.807, 2.05) is 18.2 Å². The molecule has 0 radical (unpaired) electrons. The maximum Gasteiger partial charge on any atom is 0.240 e. The van der Waals surface area contributed by atoms with E-state index in [0.717, 1.165) is 30.5 Å². The molecule has 0 aliphatic heterocycles. The smallest absolute Gasteiger partial charge is 0.240 e. The molecule has 136 valence electrons. The lowest BCUT2D eigenvalue weighted by molar-refractivity contribution is -0.121. The summed E-state index contributed by atoms with van der Waals surface area (Å²) in [5.41, 5.74) is 4.14. The maximum atomic E-state index is 11.7. The number of unbranched alkanes of at least 4 members (excludes halogenated alkanes) is 6. The van der Waals surface area contributed by atoms with Crippen molar-refractivity contribution in [2.24, 2.45) is 5.10 Å². The van der Waals surface area contributed by atoms with Crippen LogP contribution in [0, 0.1) is 0 Å². The number of rotatable bonds is 12. The largest absolute Gasteiger partial charge is 0.326 e. The summed E-state index contributed by atoms with van der Waals surface area (Å²) in [7, 11) is 0. The highest BCUT2D eigenvalue weighted by Crippen LogP contribution is 2.09. The van der Waals surface area contributed by atoms with Crippen molar-refractivity contribution in [2.45, 2.75) is 58.3 Å². The third-order valence-electron chi connectivity index (χ3n) is 3.70. The number of benzene rings is 1. The van der Waals surface area contributed by atoms with Gasteiger partial charge in [-0.15, -0.1) is 6.58 Å². The van der Waals surface area contributed by atoms with Gasteiger partial charge < -0.3 is 5.32 Å². The topological polar surface area (TPSA) is 70.6 Å². The Labute approximate surface area is 150 Å². The molecular formula is C20H29N3O2. The lowest BCUT2D eigenvalue weighted by Crippen LogP contribution is -2.16. The Balaban J connectivity index is 2.13. The van der Waals surface area contributed by atoms with Crippen molar-refractivity contribution >= 4 is 23.7 Å². The van der Waals surface area contributed by atoms with Crippen LogP contribution in [-0.2, 0) is 9.59 Å². The molecule has 5 nitrogen and oxygen atoms in total. The molecule has 0 bridgehead atoms. The van der Waals surface area contributed by atoms with Gasteiger partial charge in [0.25, 0.3) is 0 Å². The third-order valence-corrected chi connectivity index (χ3v) is 3.70. The number of hydrogen-bond donors (Lipinski definition) is 2. The number of carbonyl (C=O) groups is 2. The zero-order valence-electron chi connectivity index (χ0n) is 15.1. The fraction of sp³-hybridized carbons (Fsp3) is 0.450. The molecule has 25 heavy (non-hydrogen) atoms. The van der Waals surface area contributed by atoms with Gasteiger partial charge >= 0.3 is 0 Å². The minimum Gasteiger partial charge on any atom is -0.326 e. The van der Waals surface area contributed by atoms with Gasteiger partial charge in [-0.05, 0) is 37.0 Å². The molecule has 0 aromatic heterocycles. The van der Waals surface area contributed by atoms with Crippen molar-refractivity contribution in [1.29, 1.82) is 0 Å². The third kappa shape index (κ3) is 10.9. The fourth-order valence-corrected chi connectivity index (χ4v) is 2.37. The summed E-state index contributed by atoms with van der Waals surface area (Å²) in [4.78, 5) is 22.6. The summed E-state index contributed by atoms with van der Waals surface area (Å²) < 4.78 is 0. The molecule has 0 saturated heterocycles. The molecule has 1 rings (SSSR count).